The first kappa shape index (κ1) is 16.2. The third-order valence-corrected chi connectivity index (χ3v) is 4.46. The van der Waals surface area contributed by atoms with Crippen LogP contribution in [0, 0.1) is 17.2 Å². The van der Waals surface area contributed by atoms with Gasteiger partial charge in [-0.2, -0.15) is 14.9 Å². The molecule has 1 aliphatic carbocycles. The molecule has 3 rings (SSSR count). The molecule has 1 aliphatic rings. The van der Waals surface area contributed by atoms with Crippen molar-refractivity contribution in [3.05, 3.63) is 17.6 Å². The molecule has 1 saturated carbocycles. The van der Waals surface area contributed by atoms with Crippen LogP contribution in [-0.2, 0) is 4.74 Å². The number of nitriles is 1. The predicted octanol–water partition coefficient (Wildman–Crippen LogP) is 2.16. The zero-order valence-electron chi connectivity index (χ0n) is 13.8. The van der Waals surface area contributed by atoms with Gasteiger partial charge >= 0.3 is 5.97 Å². The molecule has 0 radical (unpaired) electrons. The third-order valence-electron chi connectivity index (χ3n) is 4.46. The SMILES string of the molecule is CCOC(=O)c1nnc2c(NC3CCCCC3C)c(C#N)cnn12. The molecule has 2 unspecified atom stereocenters. The standard InChI is InChI=1S/C16H20N6O2/c1-3-24-16(23)15-21-20-14-13(11(8-17)9-18-22(14)15)19-12-7-5-4-6-10(12)2/h9-10,12,19H,3-7H2,1-2H3. The normalized spacial score (nSPS) is 20.5. The second-order valence-electron chi connectivity index (χ2n) is 6.04. The van der Waals surface area contributed by atoms with Crippen molar-refractivity contribution in [2.24, 2.45) is 5.92 Å². The minimum atomic E-state index is -0.584. The van der Waals surface area contributed by atoms with E-state index in [4.69, 9.17) is 4.74 Å². The average molecular weight is 328 g/mol. The number of anilines is 1. The smallest absolute Gasteiger partial charge is 0.378 e. The lowest BCUT2D eigenvalue weighted by atomic mass is 9.86. The highest BCUT2D eigenvalue weighted by Crippen LogP contribution is 2.29. The molecule has 0 amide bonds. The molecule has 0 aliphatic heterocycles. The first-order chi connectivity index (χ1) is 11.7. The largest absolute Gasteiger partial charge is 0.460 e. The Morgan fingerprint density at radius 1 is 1.46 bits per heavy atom. The molecule has 0 bridgehead atoms. The zero-order valence-corrected chi connectivity index (χ0v) is 13.8. The van der Waals surface area contributed by atoms with Crippen LogP contribution in [0.3, 0.4) is 0 Å². The van der Waals surface area contributed by atoms with Gasteiger partial charge in [0.2, 0.25) is 5.65 Å². The number of nitrogens with one attached hydrogen (secondary N) is 1. The van der Waals surface area contributed by atoms with Crippen molar-refractivity contribution in [3.63, 3.8) is 0 Å². The molecule has 24 heavy (non-hydrogen) atoms. The van der Waals surface area contributed by atoms with Gasteiger partial charge in [-0.15, -0.1) is 10.2 Å². The minimum absolute atomic E-state index is 0.0103. The van der Waals surface area contributed by atoms with E-state index in [1.54, 1.807) is 6.92 Å². The van der Waals surface area contributed by atoms with E-state index in [9.17, 15) is 10.1 Å². The molecule has 0 saturated heterocycles. The number of esters is 1. The summed E-state index contributed by atoms with van der Waals surface area (Å²) in [6.07, 6.45) is 6.01. The summed E-state index contributed by atoms with van der Waals surface area (Å²) in [6, 6.07) is 2.40. The lowest BCUT2D eigenvalue weighted by Crippen LogP contribution is -2.31. The van der Waals surface area contributed by atoms with E-state index >= 15 is 0 Å². The van der Waals surface area contributed by atoms with Crippen molar-refractivity contribution >= 4 is 17.3 Å². The zero-order chi connectivity index (χ0) is 17.1. The van der Waals surface area contributed by atoms with Crippen LogP contribution in [0.1, 0.15) is 55.7 Å². The van der Waals surface area contributed by atoms with Gasteiger partial charge in [-0.05, 0) is 25.7 Å². The van der Waals surface area contributed by atoms with Gasteiger partial charge in [0.1, 0.15) is 11.8 Å². The Bertz CT molecular complexity index is 794. The van der Waals surface area contributed by atoms with Crippen LogP contribution in [0.4, 0.5) is 5.69 Å². The highest BCUT2D eigenvalue weighted by Gasteiger charge is 2.25. The van der Waals surface area contributed by atoms with E-state index in [1.807, 2.05) is 0 Å². The maximum absolute atomic E-state index is 12.0. The summed E-state index contributed by atoms with van der Waals surface area (Å²) >= 11 is 0. The summed E-state index contributed by atoms with van der Waals surface area (Å²) in [5.41, 5.74) is 1.34. The Morgan fingerprint density at radius 2 is 2.25 bits per heavy atom. The fraction of sp³-hybridized carbons (Fsp3) is 0.562. The Morgan fingerprint density at radius 3 is 2.96 bits per heavy atom. The van der Waals surface area contributed by atoms with E-state index in [0.29, 0.717) is 22.8 Å². The minimum Gasteiger partial charge on any atom is -0.460 e. The van der Waals surface area contributed by atoms with Crippen LogP contribution in [0.5, 0.6) is 0 Å². The van der Waals surface area contributed by atoms with E-state index in [0.717, 1.165) is 19.3 Å². The van der Waals surface area contributed by atoms with Gasteiger partial charge in [0, 0.05) is 6.04 Å². The van der Waals surface area contributed by atoms with Crippen LogP contribution in [0.25, 0.3) is 5.65 Å². The van der Waals surface area contributed by atoms with Crippen LogP contribution in [0.2, 0.25) is 0 Å². The molecule has 8 nitrogen and oxygen atoms in total. The highest BCUT2D eigenvalue weighted by atomic mass is 16.5. The molecule has 8 heteroatoms. The molecule has 2 heterocycles. The van der Waals surface area contributed by atoms with Gasteiger partial charge in [0.15, 0.2) is 0 Å². The van der Waals surface area contributed by atoms with E-state index in [2.05, 4.69) is 33.6 Å². The molecule has 1 fully saturated rings. The number of ether oxygens (including phenoxy) is 1. The maximum Gasteiger partial charge on any atom is 0.378 e. The Labute approximate surface area is 139 Å². The second kappa shape index (κ2) is 6.83. The number of carbonyl (C=O) groups is 1. The van der Waals surface area contributed by atoms with Gasteiger partial charge in [0.25, 0.3) is 5.82 Å². The molecular weight excluding hydrogens is 308 g/mol. The van der Waals surface area contributed by atoms with Gasteiger partial charge in [-0.1, -0.05) is 19.8 Å². The summed E-state index contributed by atoms with van der Waals surface area (Å²) in [7, 11) is 0. The molecule has 0 aromatic carbocycles. The van der Waals surface area contributed by atoms with Crippen LogP contribution < -0.4 is 5.32 Å². The topological polar surface area (TPSA) is 105 Å². The number of carbonyl (C=O) groups excluding carboxylic acids is 1. The van der Waals surface area contributed by atoms with E-state index < -0.39 is 5.97 Å². The lowest BCUT2D eigenvalue weighted by molar-refractivity contribution is 0.0509. The van der Waals surface area contributed by atoms with Crippen LogP contribution >= 0.6 is 0 Å². The Hall–Kier alpha value is -2.69. The number of rotatable bonds is 4. The molecule has 126 valence electrons. The maximum atomic E-state index is 12.0. The number of hydrogen-bond acceptors (Lipinski definition) is 7. The molecule has 2 aromatic heterocycles. The molecule has 1 N–H and O–H groups in total. The number of aromatic nitrogens is 4. The predicted molar refractivity (Wildman–Crippen MR) is 86.5 cm³/mol. The fourth-order valence-electron chi connectivity index (χ4n) is 3.11. The summed E-state index contributed by atoms with van der Waals surface area (Å²) in [6.45, 7) is 4.17. The van der Waals surface area contributed by atoms with E-state index in [1.165, 1.54) is 17.1 Å². The first-order valence-corrected chi connectivity index (χ1v) is 8.23. The van der Waals surface area contributed by atoms with Crippen molar-refractivity contribution in [1.82, 2.24) is 19.8 Å². The quantitative estimate of drug-likeness (QED) is 0.857. The summed E-state index contributed by atoms with van der Waals surface area (Å²) in [5, 5.41) is 24.9. The van der Waals surface area contributed by atoms with E-state index in [-0.39, 0.29) is 18.5 Å². The molecule has 0 spiro atoms. The lowest BCUT2D eigenvalue weighted by Gasteiger charge is -2.30. The molecule has 2 aromatic rings. The fourth-order valence-corrected chi connectivity index (χ4v) is 3.11. The van der Waals surface area contributed by atoms with Crippen LogP contribution in [0.15, 0.2) is 6.20 Å². The van der Waals surface area contributed by atoms with Crippen molar-refractivity contribution in [3.8, 4) is 6.07 Å². The molecule has 2 atom stereocenters. The van der Waals surface area contributed by atoms with Crippen molar-refractivity contribution in [2.75, 3.05) is 11.9 Å². The Balaban J connectivity index is 2.02. The molecular formula is C16H20N6O2. The van der Waals surface area contributed by atoms with Crippen molar-refractivity contribution in [1.29, 1.82) is 5.26 Å². The number of fused-ring (bicyclic) bond motifs is 1. The monoisotopic (exact) mass is 328 g/mol. The van der Waals surface area contributed by atoms with Gasteiger partial charge < -0.3 is 10.1 Å². The summed E-state index contributed by atoms with van der Waals surface area (Å²) in [4.78, 5) is 12.0. The second-order valence-corrected chi connectivity index (χ2v) is 6.04. The van der Waals surface area contributed by atoms with Crippen LogP contribution in [-0.4, -0.2) is 38.4 Å². The summed E-state index contributed by atoms with van der Waals surface area (Å²) in [5.74, 6) is -0.0683. The average Bonchev–Trinajstić information content (AvgIpc) is 3.02. The number of hydrogen-bond donors (Lipinski definition) is 1. The van der Waals surface area contributed by atoms with Gasteiger partial charge in [-0.3, -0.25) is 0 Å². The number of nitrogens with zero attached hydrogens (tertiary/aromatic N) is 5. The highest BCUT2D eigenvalue weighted by molar-refractivity contribution is 5.87. The third kappa shape index (κ3) is 2.89. The Kier molecular flexibility index (Phi) is 4.60. The van der Waals surface area contributed by atoms with Gasteiger partial charge in [-0.25, -0.2) is 4.79 Å². The first-order valence-electron chi connectivity index (χ1n) is 8.23. The van der Waals surface area contributed by atoms with Crippen molar-refractivity contribution < 1.29 is 9.53 Å². The van der Waals surface area contributed by atoms with Gasteiger partial charge in [0.05, 0.1) is 18.4 Å². The van der Waals surface area contributed by atoms with Crippen molar-refractivity contribution in [2.45, 2.75) is 45.6 Å². The summed E-state index contributed by atoms with van der Waals surface area (Å²) < 4.78 is 6.30.